The minimum Gasteiger partial charge on any atom is -1.00 e. The molecule has 0 spiro atoms. The Bertz CT molecular complexity index is 311. The van der Waals surface area contributed by atoms with Crippen molar-refractivity contribution in [2.75, 3.05) is 33.8 Å². The van der Waals surface area contributed by atoms with E-state index in [4.69, 9.17) is 4.74 Å². The zero-order chi connectivity index (χ0) is 12.8. The Morgan fingerprint density at radius 2 is 1.88 bits per heavy atom. The van der Waals surface area contributed by atoms with Crippen LogP contribution in [0.3, 0.4) is 0 Å². The zero-order valence-corrected chi connectivity index (χ0v) is 11.4. The van der Waals surface area contributed by atoms with Gasteiger partial charge in [0.05, 0.1) is 14.1 Å². The van der Waals surface area contributed by atoms with Crippen LogP contribution in [0.2, 0.25) is 0 Å². The Hall–Kier alpha value is -1.13. The molecule has 0 saturated carbocycles. The van der Waals surface area contributed by atoms with Crippen molar-refractivity contribution >= 4 is 11.8 Å². The summed E-state index contributed by atoms with van der Waals surface area (Å²) in [6.07, 6.45) is 1.31. The van der Waals surface area contributed by atoms with E-state index in [-0.39, 0.29) is 24.8 Å². The van der Waals surface area contributed by atoms with Gasteiger partial charge in [-0.1, -0.05) is 13.2 Å². The highest BCUT2D eigenvalue weighted by atomic mass is 35.5. The first-order valence-electron chi connectivity index (χ1n) is 5.08. The molecule has 0 aromatic rings. The summed E-state index contributed by atoms with van der Waals surface area (Å²) in [4.78, 5) is 22.3. The molecule has 0 atom stereocenters. The van der Waals surface area contributed by atoms with Crippen LogP contribution in [0.5, 0.6) is 0 Å². The van der Waals surface area contributed by atoms with Gasteiger partial charge >= 0.3 is 5.97 Å². The lowest BCUT2D eigenvalue weighted by Crippen LogP contribution is -3.00. The quantitative estimate of drug-likeness (QED) is 0.301. The zero-order valence-electron chi connectivity index (χ0n) is 10.7. The van der Waals surface area contributed by atoms with Crippen molar-refractivity contribution in [2.24, 2.45) is 0 Å². The fraction of sp³-hybridized carbons (Fsp3) is 0.500. The lowest BCUT2D eigenvalue weighted by molar-refractivity contribution is -0.882. The molecule has 0 aliphatic carbocycles. The molecule has 0 fully saturated rings. The lowest BCUT2D eigenvalue weighted by atomic mass is 10.3. The van der Waals surface area contributed by atoms with Gasteiger partial charge in [0.25, 0.3) is 0 Å². The van der Waals surface area contributed by atoms with E-state index in [0.717, 1.165) is 0 Å². The van der Waals surface area contributed by atoms with E-state index in [1.165, 1.54) is 6.08 Å². The molecule has 4 nitrogen and oxygen atoms in total. The van der Waals surface area contributed by atoms with Crippen LogP contribution in [0.25, 0.3) is 0 Å². The molecule has 0 saturated heterocycles. The Morgan fingerprint density at radius 3 is 2.29 bits per heavy atom. The van der Waals surface area contributed by atoms with Crippen molar-refractivity contribution in [1.29, 1.82) is 0 Å². The van der Waals surface area contributed by atoms with Crippen LogP contribution in [0.1, 0.15) is 6.92 Å². The molecule has 0 aromatic heterocycles. The van der Waals surface area contributed by atoms with Crippen molar-refractivity contribution < 1.29 is 31.2 Å². The molecule has 0 bridgehead atoms. The first-order chi connectivity index (χ1) is 7.28. The highest BCUT2D eigenvalue weighted by Crippen LogP contribution is 1.99. The third-order valence-electron chi connectivity index (χ3n) is 2.09. The number of ketones is 1. The first kappa shape index (κ1) is 18.2. The largest absolute Gasteiger partial charge is 1.00 e. The number of esters is 1. The van der Waals surface area contributed by atoms with Gasteiger partial charge in [0.15, 0.2) is 0 Å². The molecule has 98 valence electrons. The van der Waals surface area contributed by atoms with Crippen molar-refractivity contribution in [2.45, 2.75) is 6.92 Å². The van der Waals surface area contributed by atoms with E-state index in [1.807, 2.05) is 14.1 Å². The molecule has 0 radical (unpaired) electrons. The third kappa shape index (κ3) is 8.65. The fourth-order valence-corrected chi connectivity index (χ4v) is 1.07. The number of halogens is 1. The monoisotopic (exact) mass is 261 g/mol. The maximum absolute atomic E-state index is 11.2. The van der Waals surface area contributed by atoms with Crippen molar-refractivity contribution in [3.05, 3.63) is 24.8 Å². The number of likely N-dealkylation sites (N-methyl/N-ethyl adjacent to an activating group) is 1. The second-order valence-corrected chi connectivity index (χ2v) is 4.40. The van der Waals surface area contributed by atoms with E-state index in [2.05, 4.69) is 13.2 Å². The van der Waals surface area contributed by atoms with Gasteiger partial charge in [-0.25, -0.2) is 4.79 Å². The Kier molecular flexibility index (Phi) is 8.62. The SMILES string of the molecule is C=CC(=O)C[N+](C)(C)CCOC(=O)C(=C)C.[Cl-]. The molecule has 0 N–H and O–H groups in total. The van der Waals surface area contributed by atoms with E-state index in [0.29, 0.717) is 23.1 Å². The third-order valence-corrected chi connectivity index (χ3v) is 2.09. The van der Waals surface area contributed by atoms with E-state index in [9.17, 15) is 9.59 Å². The molecular formula is C12H20ClNO3. The Balaban J connectivity index is 0. The van der Waals surface area contributed by atoms with Crippen LogP contribution in [-0.4, -0.2) is 50.0 Å². The topological polar surface area (TPSA) is 43.4 Å². The number of carbonyl (C=O) groups excluding carboxylic acids is 2. The molecule has 0 amide bonds. The van der Waals surface area contributed by atoms with Crippen LogP contribution in [0.4, 0.5) is 0 Å². The predicted octanol–water partition coefficient (Wildman–Crippen LogP) is -2.06. The fourth-order valence-electron chi connectivity index (χ4n) is 1.07. The smallest absolute Gasteiger partial charge is 0.333 e. The molecular weight excluding hydrogens is 242 g/mol. The van der Waals surface area contributed by atoms with Gasteiger partial charge in [0.1, 0.15) is 19.7 Å². The van der Waals surface area contributed by atoms with Crippen molar-refractivity contribution in [1.82, 2.24) is 0 Å². The van der Waals surface area contributed by atoms with Gasteiger partial charge in [-0.3, -0.25) is 4.79 Å². The minimum atomic E-state index is -0.393. The molecule has 0 unspecified atom stereocenters. The van der Waals surface area contributed by atoms with E-state index >= 15 is 0 Å². The van der Waals surface area contributed by atoms with Crippen LogP contribution in [0, 0.1) is 0 Å². The molecule has 0 aromatic carbocycles. The summed E-state index contributed by atoms with van der Waals surface area (Å²) in [6, 6.07) is 0. The normalized spacial score (nSPS) is 10.1. The first-order valence-corrected chi connectivity index (χ1v) is 5.08. The number of nitrogens with zero attached hydrogens (tertiary/aromatic N) is 1. The molecule has 17 heavy (non-hydrogen) atoms. The molecule has 0 heterocycles. The average Bonchev–Trinajstić information content (AvgIpc) is 2.16. The summed E-state index contributed by atoms with van der Waals surface area (Å²) in [5, 5.41) is 0. The minimum absolute atomic E-state index is 0. The lowest BCUT2D eigenvalue weighted by Gasteiger charge is -2.28. The Labute approximate surface area is 109 Å². The van der Waals surface area contributed by atoms with Gasteiger partial charge < -0.3 is 21.6 Å². The maximum Gasteiger partial charge on any atom is 0.333 e. The number of quaternary nitrogens is 1. The summed E-state index contributed by atoms with van der Waals surface area (Å²) in [5.41, 5.74) is 0.382. The van der Waals surface area contributed by atoms with E-state index in [1.54, 1.807) is 6.92 Å². The number of ether oxygens (including phenoxy) is 1. The molecule has 0 aliphatic heterocycles. The van der Waals surface area contributed by atoms with Gasteiger partial charge in [-0.05, 0) is 13.0 Å². The van der Waals surface area contributed by atoms with Gasteiger partial charge in [-0.15, -0.1) is 0 Å². The van der Waals surface area contributed by atoms with Crippen LogP contribution in [0.15, 0.2) is 24.8 Å². The number of carbonyl (C=O) groups is 2. The highest BCUT2D eigenvalue weighted by molar-refractivity contribution is 5.90. The number of hydrogen-bond acceptors (Lipinski definition) is 3. The highest BCUT2D eigenvalue weighted by Gasteiger charge is 2.18. The van der Waals surface area contributed by atoms with Gasteiger partial charge in [-0.2, -0.15) is 0 Å². The molecule has 0 rings (SSSR count). The van der Waals surface area contributed by atoms with Gasteiger partial charge in [0, 0.05) is 5.57 Å². The van der Waals surface area contributed by atoms with E-state index < -0.39 is 5.97 Å². The standard InChI is InChI=1S/C12H20NO3.ClH/c1-6-11(14)9-13(4,5)7-8-16-12(15)10(2)3;/h6H,1-2,7-9H2,3-5H3;1H/q+1;/p-1. The molecule has 0 aliphatic rings. The van der Waals surface area contributed by atoms with Crippen molar-refractivity contribution in [3.8, 4) is 0 Å². The van der Waals surface area contributed by atoms with Crippen LogP contribution < -0.4 is 12.4 Å². The number of rotatable bonds is 7. The second kappa shape index (κ2) is 8.03. The number of hydrogen-bond donors (Lipinski definition) is 0. The van der Waals surface area contributed by atoms with Crippen LogP contribution >= 0.6 is 0 Å². The summed E-state index contributed by atoms with van der Waals surface area (Å²) in [5.74, 6) is -0.411. The Morgan fingerprint density at radius 1 is 1.35 bits per heavy atom. The summed E-state index contributed by atoms with van der Waals surface area (Å²) >= 11 is 0. The summed E-state index contributed by atoms with van der Waals surface area (Å²) < 4.78 is 5.43. The summed E-state index contributed by atoms with van der Waals surface area (Å²) in [6.45, 7) is 9.72. The maximum atomic E-state index is 11.2. The predicted molar refractivity (Wildman–Crippen MR) is 62.8 cm³/mol. The van der Waals surface area contributed by atoms with Crippen molar-refractivity contribution in [3.63, 3.8) is 0 Å². The molecule has 5 heteroatoms. The second-order valence-electron chi connectivity index (χ2n) is 4.40. The van der Waals surface area contributed by atoms with Gasteiger partial charge in [0.2, 0.25) is 5.78 Å². The van der Waals surface area contributed by atoms with Crippen LogP contribution in [-0.2, 0) is 14.3 Å². The summed E-state index contributed by atoms with van der Waals surface area (Å²) in [7, 11) is 3.80. The average molecular weight is 262 g/mol.